The molecule has 18 heavy (non-hydrogen) atoms. The molecule has 0 aromatic heterocycles. The summed E-state index contributed by atoms with van der Waals surface area (Å²) in [5.41, 5.74) is 0.958. The van der Waals surface area contributed by atoms with Gasteiger partial charge in [0.2, 0.25) is 5.91 Å². The maximum Gasteiger partial charge on any atom is 0.238 e. The van der Waals surface area contributed by atoms with Crippen molar-refractivity contribution in [2.45, 2.75) is 18.6 Å². The van der Waals surface area contributed by atoms with Crippen LogP contribution >= 0.6 is 0 Å². The van der Waals surface area contributed by atoms with E-state index >= 15 is 0 Å². The van der Waals surface area contributed by atoms with Crippen LogP contribution < -0.4 is 5.32 Å². The summed E-state index contributed by atoms with van der Waals surface area (Å²) in [5.74, 6) is -0.301. The molecule has 2 N–H and O–H groups in total. The van der Waals surface area contributed by atoms with Gasteiger partial charge in [0.25, 0.3) is 0 Å². The smallest absolute Gasteiger partial charge is 0.238 e. The fourth-order valence-corrected chi connectivity index (χ4v) is 1.80. The van der Waals surface area contributed by atoms with E-state index in [1.54, 1.807) is 24.3 Å². The molecule has 0 aliphatic carbocycles. The Morgan fingerprint density at radius 2 is 1.89 bits per heavy atom. The molecular weight excluding hydrogens is 254 g/mol. The van der Waals surface area contributed by atoms with Crippen molar-refractivity contribution in [3.8, 4) is 5.75 Å². The number of amides is 1. The number of hydrogen-bond acceptors (Lipinski definition) is 4. The van der Waals surface area contributed by atoms with Crippen molar-refractivity contribution >= 4 is 15.7 Å². The third-order valence-electron chi connectivity index (χ3n) is 2.66. The minimum absolute atomic E-state index is 0.188. The zero-order valence-corrected chi connectivity index (χ0v) is 11.2. The summed E-state index contributed by atoms with van der Waals surface area (Å²) < 4.78 is 22.3. The lowest BCUT2D eigenvalue weighted by Gasteiger charge is -2.10. The Morgan fingerprint density at radius 3 is 2.39 bits per heavy atom. The van der Waals surface area contributed by atoms with Crippen LogP contribution in [0.25, 0.3) is 0 Å². The van der Waals surface area contributed by atoms with Gasteiger partial charge in [-0.05, 0) is 31.0 Å². The first-order chi connectivity index (χ1) is 8.30. The van der Waals surface area contributed by atoms with Crippen molar-refractivity contribution in [2.75, 3.05) is 12.8 Å². The molecule has 0 saturated carbocycles. The Kier molecular flexibility index (Phi) is 4.72. The SMILES string of the molecule is CC(C(=O)NCCc1ccc(O)cc1)S(C)(=O)=O. The molecule has 0 fully saturated rings. The average Bonchev–Trinajstić information content (AvgIpc) is 2.29. The van der Waals surface area contributed by atoms with E-state index in [-0.39, 0.29) is 5.75 Å². The van der Waals surface area contributed by atoms with Crippen LogP contribution in [0.15, 0.2) is 24.3 Å². The van der Waals surface area contributed by atoms with Gasteiger partial charge in [-0.3, -0.25) is 4.79 Å². The monoisotopic (exact) mass is 271 g/mol. The van der Waals surface area contributed by atoms with Gasteiger partial charge >= 0.3 is 0 Å². The molecule has 1 amide bonds. The van der Waals surface area contributed by atoms with Crippen LogP contribution in [0.3, 0.4) is 0 Å². The summed E-state index contributed by atoms with van der Waals surface area (Å²) in [6, 6.07) is 6.63. The van der Waals surface area contributed by atoms with Gasteiger partial charge in [0.15, 0.2) is 9.84 Å². The molecule has 0 heterocycles. The quantitative estimate of drug-likeness (QED) is 0.816. The second kappa shape index (κ2) is 5.86. The zero-order valence-electron chi connectivity index (χ0n) is 10.4. The number of phenolic OH excluding ortho intramolecular Hbond substituents is 1. The van der Waals surface area contributed by atoms with E-state index in [9.17, 15) is 13.2 Å². The highest BCUT2D eigenvalue weighted by atomic mass is 32.2. The fraction of sp³-hybridized carbons (Fsp3) is 0.417. The molecule has 1 aromatic rings. The molecule has 0 radical (unpaired) electrons. The van der Waals surface area contributed by atoms with E-state index in [1.807, 2.05) is 0 Å². The second-order valence-corrected chi connectivity index (χ2v) is 6.55. The van der Waals surface area contributed by atoms with Crippen LogP contribution in [0.2, 0.25) is 0 Å². The summed E-state index contributed by atoms with van der Waals surface area (Å²) in [6.45, 7) is 1.73. The molecule has 1 unspecified atom stereocenters. The molecule has 6 heteroatoms. The van der Waals surface area contributed by atoms with Crippen molar-refractivity contribution in [3.63, 3.8) is 0 Å². The lowest BCUT2D eigenvalue weighted by Crippen LogP contribution is -2.38. The molecule has 1 rings (SSSR count). The predicted octanol–water partition coefficient (Wildman–Crippen LogP) is 0.484. The number of carbonyl (C=O) groups is 1. The van der Waals surface area contributed by atoms with Crippen LogP contribution in [0.1, 0.15) is 12.5 Å². The molecule has 0 aliphatic rings. The molecule has 0 spiro atoms. The number of rotatable bonds is 5. The van der Waals surface area contributed by atoms with E-state index in [0.717, 1.165) is 11.8 Å². The summed E-state index contributed by atoms with van der Waals surface area (Å²) >= 11 is 0. The standard InChI is InChI=1S/C12H17NO4S/c1-9(18(2,16)17)12(15)13-8-7-10-3-5-11(14)6-4-10/h3-6,9,14H,7-8H2,1-2H3,(H,13,15). The molecule has 1 atom stereocenters. The number of sulfone groups is 1. The second-order valence-electron chi connectivity index (χ2n) is 4.18. The molecule has 100 valence electrons. The van der Waals surface area contributed by atoms with Gasteiger partial charge in [0, 0.05) is 12.8 Å². The molecule has 0 aliphatic heterocycles. The maximum atomic E-state index is 11.5. The lowest BCUT2D eigenvalue weighted by molar-refractivity contribution is -0.120. The van der Waals surface area contributed by atoms with Gasteiger partial charge in [-0.25, -0.2) is 8.42 Å². The first-order valence-corrected chi connectivity index (χ1v) is 7.50. The number of nitrogens with one attached hydrogen (secondary N) is 1. The van der Waals surface area contributed by atoms with Gasteiger partial charge < -0.3 is 10.4 Å². The van der Waals surface area contributed by atoms with Crippen LogP contribution in [0.5, 0.6) is 5.75 Å². The Labute approximate surface area is 107 Å². The molecule has 5 nitrogen and oxygen atoms in total. The number of aromatic hydroxyl groups is 1. The molecule has 0 saturated heterocycles. The van der Waals surface area contributed by atoms with Crippen LogP contribution in [0, 0.1) is 0 Å². The van der Waals surface area contributed by atoms with E-state index in [1.165, 1.54) is 6.92 Å². The molecular formula is C12H17NO4S. The van der Waals surface area contributed by atoms with E-state index in [2.05, 4.69) is 5.32 Å². The van der Waals surface area contributed by atoms with E-state index in [4.69, 9.17) is 5.11 Å². The Morgan fingerprint density at radius 1 is 1.33 bits per heavy atom. The first-order valence-electron chi connectivity index (χ1n) is 5.55. The number of benzene rings is 1. The molecule has 1 aromatic carbocycles. The summed E-state index contributed by atoms with van der Waals surface area (Å²) in [4.78, 5) is 11.5. The molecule has 0 bridgehead atoms. The van der Waals surface area contributed by atoms with Crippen molar-refractivity contribution in [1.29, 1.82) is 0 Å². The largest absolute Gasteiger partial charge is 0.508 e. The predicted molar refractivity (Wildman–Crippen MR) is 69.1 cm³/mol. The van der Waals surface area contributed by atoms with Gasteiger partial charge in [-0.15, -0.1) is 0 Å². The van der Waals surface area contributed by atoms with Gasteiger partial charge in [0.05, 0.1) is 0 Å². The van der Waals surface area contributed by atoms with Crippen LogP contribution in [-0.2, 0) is 21.1 Å². The topological polar surface area (TPSA) is 83.5 Å². The lowest BCUT2D eigenvalue weighted by atomic mass is 10.1. The maximum absolute atomic E-state index is 11.5. The van der Waals surface area contributed by atoms with Crippen molar-refractivity contribution in [2.24, 2.45) is 0 Å². The number of hydrogen-bond donors (Lipinski definition) is 2. The average molecular weight is 271 g/mol. The van der Waals surface area contributed by atoms with E-state index in [0.29, 0.717) is 13.0 Å². The highest BCUT2D eigenvalue weighted by molar-refractivity contribution is 7.92. The Hall–Kier alpha value is -1.56. The first kappa shape index (κ1) is 14.5. The summed E-state index contributed by atoms with van der Waals surface area (Å²) in [5, 5.41) is 10.6. The fourth-order valence-electron chi connectivity index (χ4n) is 1.33. The van der Waals surface area contributed by atoms with Gasteiger partial charge in [-0.1, -0.05) is 12.1 Å². The Bertz CT molecular complexity index is 507. The van der Waals surface area contributed by atoms with Crippen molar-refractivity contribution < 1.29 is 18.3 Å². The summed E-state index contributed by atoms with van der Waals surface area (Å²) in [6.07, 6.45) is 1.62. The minimum Gasteiger partial charge on any atom is -0.508 e. The van der Waals surface area contributed by atoms with Crippen LogP contribution in [0.4, 0.5) is 0 Å². The van der Waals surface area contributed by atoms with Crippen LogP contribution in [-0.4, -0.2) is 37.5 Å². The van der Waals surface area contributed by atoms with Gasteiger partial charge in [0.1, 0.15) is 11.0 Å². The third-order valence-corrected chi connectivity index (χ3v) is 4.16. The van der Waals surface area contributed by atoms with E-state index < -0.39 is 21.0 Å². The van der Waals surface area contributed by atoms with Gasteiger partial charge in [-0.2, -0.15) is 0 Å². The normalized spacial score (nSPS) is 13.0. The minimum atomic E-state index is -3.35. The zero-order chi connectivity index (χ0) is 13.8. The van der Waals surface area contributed by atoms with Crippen molar-refractivity contribution in [1.82, 2.24) is 5.32 Å². The third kappa shape index (κ3) is 4.37. The number of carbonyl (C=O) groups excluding carboxylic acids is 1. The summed E-state index contributed by atoms with van der Waals surface area (Å²) in [7, 11) is -3.35. The van der Waals surface area contributed by atoms with Crippen molar-refractivity contribution in [3.05, 3.63) is 29.8 Å². The highest BCUT2D eigenvalue weighted by Gasteiger charge is 2.22. The highest BCUT2D eigenvalue weighted by Crippen LogP contribution is 2.09. The number of phenols is 1. The Balaban J connectivity index is 2.43.